The predicted molar refractivity (Wildman–Crippen MR) is 128 cm³/mol. The number of fused-ring (bicyclic) bond motifs is 1. The number of aromatic nitrogens is 3. The van der Waals surface area contributed by atoms with Crippen LogP contribution in [0.3, 0.4) is 0 Å². The van der Waals surface area contributed by atoms with Crippen molar-refractivity contribution in [2.45, 2.75) is 27.3 Å². The number of nitrogens with one attached hydrogen (secondary N) is 1. The van der Waals surface area contributed by atoms with Crippen LogP contribution in [0.2, 0.25) is 0 Å². The monoisotopic (exact) mass is 446 g/mol. The van der Waals surface area contributed by atoms with Crippen LogP contribution >= 0.6 is 0 Å². The summed E-state index contributed by atoms with van der Waals surface area (Å²) in [4.78, 5) is 25.9. The number of carbonyl (C=O) groups is 1. The maximum absolute atomic E-state index is 13.0. The number of carbonyl (C=O) groups excluding carboxylic acids is 1. The summed E-state index contributed by atoms with van der Waals surface area (Å²) in [5, 5.41) is 8.37. The first-order valence-corrected chi connectivity index (χ1v) is 10.5. The fraction of sp³-hybridized carbons (Fsp3) is 0.240. The number of rotatable bonds is 6. The number of pyridine rings is 1. The topological polar surface area (TPSA) is 87.4 Å². The Balaban J connectivity index is 1.75. The third-order valence-corrected chi connectivity index (χ3v) is 5.54. The molecule has 2 aromatic carbocycles. The number of hydrogen-bond acceptors (Lipinski definition) is 5. The Bertz CT molecular complexity index is 1400. The minimum atomic E-state index is -0.344. The zero-order valence-corrected chi connectivity index (χ0v) is 19.3. The Hall–Kier alpha value is -4.07. The van der Waals surface area contributed by atoms with Gasteiger partial charge >= 0.3 is 0 Å². The molecule has 0 bridgehead atoms. The highest BCUT2D eigenvalue weighted by atomic mass is 16.5. The molecule has 0 aliphatic rings. The van der Waals surface area contributed by atoms with E-state index >= 15 is 0 Å². The van der Waals surface area contributed by atoms with E-state index < -0.39 is 0 Å². The number of anilines is 1. The van der Waals surface area contributed by atoms with Gasteiger partial charge in [0, 0.05) is 23.2 Å². The largest absolute Gasteiger partial charge is 0.493 e. The van der Waals surface area contributed by atoms with E-state index in [0.29, 0.717) is 22.8 Å². The normalized spacial score (nSPS) is 10.9. The number of methoxy groups -OCH3 is 2. The molecule has 8 heteroatoms. The number of amides is 1. The Kier molecular flexibility index (Phi) is 5.91. The van der Waals surface area contributed by atoms with Gasteiger partial charge in [0.15, 0.2) is 11.5 Å². The molecule has 33 heavy (non-hydrogen) atoms. The van der Waals surface area contributed by atoms with E-state index in [-0.39, 0.29) is 18.0 Å². The molecular weight excluding hydrogens is 420 g/mol. The Morgan fingerprint density at radius 2 is 1.67 bits per heavy atom. The zero-order chi connectivity index (χ0) is 23.7. The average molecular weight is 447 g/mol. The fourth-order valence-electron chi connectivity index (χ4n) is 3.94. The van der Waals surface area contributed by atoms with Crippen LogP contribution in [0.25, 0.3) is 16.7 Å². The molecule has 1 amide bonds. The molecule has 1 N–H and O–H groups in total. The zero-order valence-electron chi connectivity index (χ0n) is 19.3. The summed E-state index contributed by atoms with van der Waals surface area (Å²) >= 11 is 0. The van der Waals surface area contributed by atoms with Crippen molar-refractivity contribution in [3.63, 3.8) is 0 Å². The summed E-state index contributed by atoms with van der Waals surface area (Å²) in [5.74, 6) is 0.714. The Labute approximate surface area is 191 Å². The lowest BCUT2D eigenvalue weighted by Gasteiger charge is -2.14. The quantitative estimate of drug-likeness (QED) is 0.487. The molecular formula is C25H26N4O4. The molecule has 8 nitrogen and oxygen atoms in total. The van der Waals surface area contributed by atoms with Crippen LogP contribution in [-0.4, -0.2) is 34.5 Å². The Morgan fingerprint density at radius 3 is 2.33 bits per heavy atom. The molecule has 0 radical (unpaired) electrons. The van der Waals surface area contributed by atoms with Crippen LogP contribution < -0.4 is 20.3 Å². The SMILES string of the molecule is COc1ccc(NC(=O)Cn2c(=O)cc(C)c3c(C)nn(-c4ccc(C)cc4)c32)cc1OC. The van der Waals surface area contributed by atoms with Gasteiger partial charge in [0.05, 0.1) is 25.6 Å². The summed E-state index contributed by atoms with van der Waals surface area (Å²) in [7, 11) is 3.07. The molecule has 2 heterocycles. The van der Waals surface area contributed by atoms with Gasteiger partial charge in [-0.1, -0.05) is 17.7 Å². The summed E-state index contributed by atoms with van der Waals surface area (Å²) in [6.07, 6.45) is 0. The van der Waals surface area contributed by atoms with Crippen LogP contribution in [0.4, 0.5) is 5.69 Å². The maximum atomic E-state index is 13.0. The Morgan fingerprint density at radius 1 is 0.970 bits per heavy atom. The first-order valence-electron chi connectivity index (χ1n) is 10.5. The predicted octanol–water partition coefficient (Wildman–Crippen LogP) is 3.77. The number of hydrogen-bond donors (Lipinski definition) is 1. The van der Waals surface area contributed by atoms with Crippen molar-refractivity contribution in [1.82, 2.24) is 14.3 Å². The van der Waals surface area contributed by atoms with Gasteiger partial charge in [-0.15, -0.1) is 0 Å². The van der Waals surface area contributed by atoms with Gasteiger partial charge in [-0.3, -0.25) is 14.2 Å². The third-order valence-electron chi connectivity index (χ3n) is 5.54. The number of ether oxygens (including phenoxy) is 2. The summed E-state index contributed by atoms with van der Waals surface area (Å²) < 4.78 is 13.7. The second kappa shape index (κ2) is 8.82. The van der Waals surface area contributed by atoms with Gasteiger partial charge in [0.1, 0.15) is 12.2 Å². The van der Waals surface area contributed by atoms with Crippen LogP contribution in [0.1, 0.15) is 16.8 Å². The van der Waals surface area contributed by atoms with Gasteiger partial charge in [-0.25, -0.2) is 4.68 Å². The van der Waals surface area contributed by atoms with Crippen molar-refractivity contribution in [2.75, 3.05) is 19.5 Å². The molecule has 170 valence electrons. The van der Waals surface area contributed by atoms with Gasteiger partial charge in [0.2, 0.25) is 5.91 Å². The molecule has 0 fully saturated rings. The van der Waals surface area contributed by atoms with Crippen molar-refractivity contribution in [2.24, 2.45) is 0 Å². The minimum absolute atomic E-state index is 0.166. The molecule has 0 aliphatic carbocycles. The van der Waals surface area contributed by atoms with Crippen LogP contribution in [0.5, 0.6) is 11.5 Å². The molecule has 2 aromatic heterocycles. The van der Waals surface area contributed by atoms with Crippen LogP contribution in [0, 0.1) is 20.8 Å². The summed E-state index contributed by atoms with van der Waals surface area (Å²) in [6, 6.07) is 14.5. The number of benzene rings is 2. The van der Waals surface area contributed by atoms with E-state index in [0.717, 1.165) is 27.9 Å². The third kappa shape index (κ3) is 4.19. The molecule has 0 saturated heterocycles. The molecule has 0 saturated carbocycles. The summed E-state index contributed by atoms with van der Waals surface area (Å²) in [5.41, 5.74) is 4.41. The lowest BCUT2D eigenvalue weighted by atomic mass is 10.1. The molecule has 0 spiro atoms. The molecule has 4 aromatic rings. The van der Waals surface area contributed by atoms with Crippen molar-refractivity contribution < 1.29 is 14.3 Å². The van der Waals surface area contributed by atoms with Gasteiger partial charge in [0.25, 0.3) is 5.56 Å². The van der Waals surface area contributed by atoms with E-state index in [1.165, 1.54) is 11.7 Å². The van der Waals surface area contributed by atoms with Gasteiger partial charge < -0.3 is 14.8 Å². The smallest absolute Gasteiger partial charge is 0.252 e. The highest BCUT2D eigenvalue weighted by molar-refractivity contribution is 5.92. The fourth-order valence-corrected chi connectivity index (χ4v) is 3.94. The first kappa shape index (κ1) is 22.1. The molecule has 0 unspecified atom stereocenters. The van der Waals surface area contributed by atoms with Crippen molar-refractivity contribution in [3.05, 3.63) is 75.7 Å². The van der Waals surface area contributed by atoms with E-state index in [1.54, 1.807) is 36.1 Å². The van der Waals surface area contributed by atoms with Crippen molar-refractivity contribution in [1.29, 1.82) is 0 Å². The van der Waals surface area contributed by atoms with E-state index in [1.807, 2.05) is 45.0 Å². The van der Waals surface area contributed by atoms with Crippen LogP contribution in [-0.2, 0) is 11.3 Å². The highest BCUT2D eigenvalue weighted by Crippen LogP contribution is 2.30. The standard InChI is InChI=1S/C25H26N4O4/c1-15-6-9-19(10-7-15)29-25-24(17(3)27-29)16(2)12-23(31)28(25)14-22(30)26-18-8-11-20(32-4)21(13-18)33-5/h6-13H,14H2,1-5H3,(H,26,30). The number of nitrogens with zero attached hydrogens (tertiary/aromatic N) is 3. The van der Waals surface area contributed by atoms with Crippen molar-refractivity contribution >= 4 is 22.6 Å². The minimum Gasteiger partial charge on any atom is -0.493 e. The number of aryl methyl sites for hydroxylation is 3. The van der Waals surface area contributed by atoms with Crippen LogP contribution in [0.15, 0.2) is 53.3 Å². The van der Waals surface area contributed by atoms with E-state index in [2.05, 4.69) is 10.4 Å². The molecule has 0 atom stereocenters. The lowest BCUT2D eigenvalue weighted by molar-refractivity contribution is -0.116. The van der Waals surface area contributed by atoms with E-state index in [4.69, 9.17) is 9.47 Å². The first-order chi connectivity index (χ1) is 15.8. The second-order valence-electron chi connectivity index (χ2n) is 7.90. The summed E-state index contributed by atoms with van der Waals surface area (Å²) in [6.45, 7) is 5.63. The van der Waals surface area contributed by atoms with E-state index in [9.17, 15) is 9.59 Å². The maximum Gasteiger partial charge on any atom is 0.252 e. The van der Waals surface area contributed by atoms with Crippen molar-refractivity contribution in [3.8, 4) is 17.2 Å². The van der Waals surface area contributed by atoms with Gasteiger partial charge in [-0.2, -0.15) is 5.10 Å². The lowest BCUT2D eigenvalue weighted by Crippen LogP contribution is -2.29. The highest BCUT2D eigenvalue weighted by Gasteiger charge is 2.19. The second-order valence-corrected chi connectivity index (χ2v) is 7.90. The average Bonchev–Trinajstić information content (AvgIpc) is 3.14. The molecule has 0 aliphatic heterocycles. The van der Waals surface area contributed by atoms with Gasteiger partial charge in [-0.05, 0) is 50.6 Å². The molecule has 4 rings (SSSR count).